The van der Waals surface area contributed by atoms with Crippen LogP contribution < -0.4 is 4.57 Å². The molecule has 2 aromatic heterocycles. The predicted octanol–water partition coefficient (Wildman–Crippen LogP) is 3.16. The third-order valence-corrected chi connectivity index (χ3v) is 2.34. The van der Waals surface area contributed by atoms with Gasteiger partial charge in [-0.05, 0) is 25.1 Å². The molecule has 2 rings (SSSR count). The van der Waals surface area contributed by atoms with Crippen LogP contribution in [-0.4, -0.2) is 4.98 Å². The normalized spacial score (nSPS) is 9.29. The molecule has 0 atom stereocenters. The maximum absolute atomic E-state index is 3.78. The number of hydrogen-bond donors (Lipinski definition) is 0. The topological polar surface area (TPSA) is 16.8 Å². The Morgan fingerprint density at radius 2 is 1.88 bits per heavy atom. The first-order chi connectivity index (χ1) is 8.33. The van der Waals surface area contributed by atoms with E-state index in [0.717, 1.165) is 6.54 Å². The molecular formula is C15H21N2+. The summed E-state index contributed by atoms with van der Waals surface area (Å²) in [6, 6.07) is 9.94. The van der Waals surface area contributed by atoms with E-state index in [1.54, 1.807) is 12.4 Å². The molecule has 2 heterocycles. The number of unbranched alkanes of at least 4 members (excludes halogenated alkanes) is 1. The number of aryl methyl sites for hydroxylation is 2. The Labute approximate surface area is 104 Å². The fraction of sp³-hybridized carbons (Fsp3) is 0.333. The Bertz CT molecular complexity index is 372. The second-order valence-corrected chi connectivity index (χ2v) is 4.00. The van der Waals surface area contributed by atoms with Crippen molar-refractivity contribution in [3.63, 3.8) is 0 Å². The number of hydrogen-bond acceptors (Lipinski definition) is 1. The highest BCUT2D eigenvalue weighted by Gasteiger charge is 1.97. The van der Waals surface area contributed by atoms with E-state index in [-0.39, 0.29) is 0 Å². The Hall–Kier alpha value is -1.70. The lowest BCUT2D eigenvalue weighted by Crippen LogP contribution is -2.32. The van der Waals surface area contributed by atoms with Crippen LogP contribution in [0.3, 0.4) is 0 Å². The molecule has 0 aliphatic rings. The molecule has 0 amide bonds. The van der Waals surface area contributed by atoms with Crippen LogP contribution in [0.4, 0.5) is 0 Å². The first-order valence-corrected chi connectivity index (χ1v) is 6.13. The van der Waals surface area contributed by atoms with Gasteiger partial charge in [0.15, 0.2) is 12.4 Å². The number of nitrogens with zero attached hydrogens (tertiary/aromatic N) is 2. The molecule has 0 N–H and O–H groups in total. The minimum absolute atomic E-state index is 1.15. The molecule has 2 heteroatoms. The third-order valence-electron chi connectivity index (χ3n) is 2.34. The molecule has 0 saturated carbocycles. The Balaban J connectivity index is 0.000000202. The summed E-state index contributed by atoms with van der Waals surface area (Å²) in [5, 5.41) is 0. The number of rotatable bonds is 3. The van der Waals surface area contributed by atoms with Crippen molar-refractivity contribution < 1.29 is 4.57 Å². The number of pyridine rings is 2. The second kappa shape index (κ2) is 8.45. The minimum atomic E-state index is 1.15. The van der Waals surface area contributed by atoms with Crippen LogP contribution in [0.2, 0.25) is 0 Å². The van der Waals surface area contributed by atoms with Crippen molar-refractivity contribution in [2.75, 3.05) is 0 Å². The summed E-state index contributed by atoms with van der Waals surface area (Å²) >= 11 is 0. The zero-order chi connectivity index (χ0) is 12.3. The molecule has 0 aromatic carbocycles. The first-order valence-electron chi connectivity index (χ1n) is 6.13. The van der Waals surface area contributed by atoms with Gasteiger partial charge in [0.25, 0.3) is 0 Å². The van der Waals surface area contributed by atoms with Gasteiger partial charge in [-0.15, -0.1) is 0 Å². The van der Waals surface area contributed by atoms with Crippen molar-refractivity contribution in [2.24, 2.45) is 0 Å². The molecule has 0 aliphatic heterocycles. The van der Waals surface area contributed by atoms with Gasteiger partial charge in [-0.2, -0.15) is 0 Å². The van der Waals surface area contributed by atoms with E-state index in [1.165, 1.54) is 18.4 Å². The van der Waals surface area contributed by atoms with Crippen LogP contribution in [-0.2, 0) is 6.54 Å². The van der Waals surface area contributed by atoms with Gasteiger partial charge < -0.3 is 0 Å². The van der Waals surface area contributed by atoms with Crippen LogP contribution in [0, 0.1) is 6.92 Å². The lowest BCUT2D eigenvalue weighted by Gasteiger charge is -1.94. The third kappa shape index (κ3) is 6.46. The molecule has 2 aromatic rings. The average molecular weight is 229 g/mol. The molecular weight excluding hydrogens is 208 g/mol. The number of aromatic nitrogens is 2. The molecule has 0 spiro atoms. The van der Waals surface area contributed by atoms with Gasteiger partial charge in [0.1, 0.15) is 6.54 Å². The maximum atomic E-state index is 3.78. The van der Waals surface area contributed by atoms with Crippen molar-refractivity contribution in [3.8, 4) is 0 Å². The Kier molecular flexibility index (Phi) is 6.64. The van der Waals surface area contributed by atoms with Crippen LogP contribution >= 0.6 is 0 Å². The van der Waals surface area contributed by atoms with Gasteiger partial charge in [0, 0.05) is 30.4 Å². The first kappa shape index (κ1) is 13.4. The molecule has 0 bridgehead atoms. The van der Waals surface area contributed by atoms with E-state index >= 15 is 0 Å². The van der Waals surface area contributed by atoms with Gasteiger partial charge in [0.05, 0.1) is 0 Å². The molecule has 0 fully saturated rings. The van der Waals surface area contributed by atoms with Gasteiger partial charge >= 0.3 is 0 Å². The molecule has 17 heavy (non-hydrogen) atoms. The summed E-state index contributed by atoms with van der Waals surface area (Å²) in [6.07, 6.45) is 10.4. The molecule has 0 aliphatic carbocycles. The molecule has 0 saturated heterocycles. The lowest BCUT2D eigenvalue weighted by molar-refractivity contribution is -0.697. The SMILES string of the molecule is CCCC[n+]1cccc(C)c1.c1ccncc1. The van der Waals surface area contributed by atoms with Crippen LogP contribution in [0.15, 0.2) is 55.1 Å². The lowest BCUT2D eigenvalue weighted by atomic mass is 10.3. The van der Waals surface area contributed by atoms with Crippen LogP contribution in [0.1, 0.15) is 25.3 Å². The van der Waals surface area contributed by atoms with E-state index in [2.05, 4.69) is 47.9 Å². The van der Waals surface area contributed by atoms with Gasteiger partial charge in [0.2, 0.25) is 0 Å². The summed E-state index contributed by atoms with van der Waals surface area (Å²) in [7, 11) is 0. The largest absolute Gasteiger partial charge is 0.265 e. The standard InChI is InChI=1S/C10H16N.C5H5N/c1-3-4-7-11-8-5-6-10(2)9-11;1-2-4-6-5-3-1/h5-6,8-9H,3-4,7H2,1-2H3;1-5H/q+1;. The molecule has 90 valence electrons. The highest BCUT2D eigenvalue weighted by Crippen LogP contribution is 1.91. The van der Waals surface area contributed by atoms with Crippen molar-refractivity contribution in [1.29, 1.82) is 0 Å². The maximum Gasteiger partial charge on any atom is 0.171 e. The molecule has 2 nitrogen and oxygen atoms in total. The smallest absolute Gasteiger partial charge is 0.171 e. The summed E-state index contributed by atoms with van der Waals surface area (Å²) in [5.74, 6) is 0. The average Bonchev–Trinajstić information content (AvgIpc) is 2.39. The fourth-order valence-electron chi connectivity index (χ4n) is 1.45. The monoisotopic (exact) mass is 229 g/mol. The Morgan fingerprint density at radius 1 is 1.12 bits per heavy atom. The fourth-order valence-corrected chi connectivity index (χ4v) is 1.45. The van der Waals surface area contributed by atoms with E-state index in [9.17, 15) is 0 Å². The Morgan fingerprint density at radius 3 is 2.35 bits per heavy atom. The van der Waals surface area contributed by atoms with Gasteiger partial charge in [-0.25, -0.2) is 4.57 Å². The van der Waals surface area contributed by atoms with Crippen LogP contribution in [0.25, 0.3) is 0 Å². The zero-order valence-corrected chi connectivity index (χ0v) is 10.7. The highest BCUT2D eigenvalue weighted by atomic mass is 14.9. The van der Waals surface area contributed by atoms with Gasteiger partial charge in [-0.1, -0.05) is 19.4 Å². The summed E-state index contributed by atoms with van der Waals surface area (Å²) in [4.78, 5) is 3.78. The highest BCUT2D eigenvalue weighted by molar-refractivity contribution is 5.01. The van der Waals surface area contributed by atoms with E-state index in [1.807, 2.05) is 18.2 Å². The van der Waals surface area contributed by atoms with Crippen molar-refractivity contribution in [2.45, 2.75) is 33.2 Å². The minimum Gasteiger partial charge on any atom is -0.265 e. The van der Waals surface area contributed by atoms with E-state index in [4.69, 9.17) is 0 Å². The van der Waals surface area contributed by atoms with Gasteiger partial charge in [-0.3, -0.25) is 4.98 Å². The summed E-state index contributed by atoms with van der Waals surface area (Å²) < 4.78 is 2.25. The summed E-state index contributed by atoms with van der Waals surface area (Å²) in [6.45, 7) is 5.50. The summed E-state index contributed by atoms with van der Waals surface area (Å²) in [5.41, 5.74) is 1.34. The molecule has 0 unspecified atom stereocenters. The molecule has 0 radical (unpaired) electrons. The second-order valence-electron chi connectivity index (χ2n) is 4.00. The van der Waals surface area contributed by atoms with Crippen molar-refractivity contribution >= 4 is 0 Å². The predicted molar refractivity (Wildman–Crippen MR) is 70.5 cm³/mol. The van der Waals surface area contributed by atoms with E-state index < -0.39 is 0 Å². The quantitative estimate of drug-likeness (QED) is 0.739. The van der Waals surface area contributed by atoms with Crippen molar-refractivity contribution in [1.82, 2.24) is 4.98 Å². The van der Waals surface area contributed by atoms with Crippen LogP contribution in [0.5, 0.6) is 0 Å². The zero-order valence-electron chi connectivity index (χ0n) is 10.7. The van der Waals surface area contributed by atoms with E-state index in [0.29, 0.717) is 0 Å². The van der Waals surface area contributed by atoms with Crippen molar-refractivity contribution in [3.05, 3.63) is 60.7 Å².